The van der Waals surface area contributed by atoms with Crippen molar-refractivity contribution in [2.75, 3.05) is 44.7 Å². The zero-order chi connectivity index (χ0) is 14.5. The highest BCUT2D eigenvalue weighted by molar-refractivity contribution is 5.91. The molecule has 21 heavy (non-hydrogen) atoms. The fraction of sp³-hybridized carbons (Fsp3) is 0.643. The van der Waals surface area contributed by atoms with Crippen molar-refractivity contribution in [3.63, 3.8) is 0 Å². The van der Waals surface area contributed by atoms with Gasteiger partial charge in [0.2, 0.25) is 0 Å². The van der Waals surface area contributed by atoms with Crippen LogP contribution in [0.4, 0.5) is 5.82 Å². The van der Waals surface area contributed by atoms with Gasteiger partial charge in [0.05, 0.1) is 25.6 Å². The van der Waals surface area contributed by atoms with E-state index in [9.17, 15) is 4.79 Å². The average Bonchev–Trinajstić information content (AvgIpc) is 3.33. The molecular weight excluding hydrogens is 270 g/mol. The van der Waals surface area contributed by atoms with Crippen molar-refractivity contribution in [2.24, 2.45) is 0 Å². The molecule has 1 amide bonds. The number of nitrogens with one attached hydrogen (secondary N) is 2. The smallest absolute Gasteiger partial charge is 0.271 e. The highest BCUT2D eigenvalue weighted by Gasteiger charge is 2.21. The summed E-state index contributed by atoms with van der Waals surface area (Å²) < 4.78 is 5.29. The molecular formula is C14H21N5O2. The van der Waals surface area contributed by atoms with Gasteiger partial charge >= 0.3 is 0 Å². The Morgan fingerprint density at radius 3 is 2.76 bits per heavy atom. The average molecular weight is 291 g/mol. The number of morpholine rings is 1. The van der Waals surface area contributed by atoms with E-state index in [0.717, 1.165) is 38.7 Å². The van der Waals surface area contributed by atoms with E-state index in [1.54, 1.807) is 6.20 Å². The lowest BCUT2D eigenvalue weighted by Gasteiger charge is -2.26. The molecule has 114 valence electrons. The lowest BCUT2D eigenvalue weighted by atomic mass is 10.4. The molecule has 0 spiro atoms. The van der Waals surface area contributed by atoms with E-state index >= 15 is 0 Å². The SMILES string of the molecule is O=C(NCCN1CCOCC1)c1cnc(NC2CC2)cn1. The third-order valence-electron chi connectivity index (χ3n) is 3.63. The van der Waals surface area contributed by atoms with Gasteiger partial charge in [-0.3, -0.25) is 9.69 Å². The van der Waals surface area contributed by atoms with Gasteiger partial charge < -0.3 is 15.4 Å². The van der Waals surface area contributed by atoms with Crippen molar-refractivity contribution in [2.45, 2.75) is 18.9 Å². The topological polar surface area (TPSA) is 79.4 Å². The fourth-order valence-corrected chi connectivity index (χ4v) is 2.20. The first-order valence-corrected chi connectivity index (χ1v) is 7.48. The third-order valence-corrected chi connectivity index (χ3v) is 3.63. The van der Waals surface area contributed by atoms with Gasteiger partial charge in [-0.15, -0.1) is 0 Å². The normalized spacial score (nSPS) is 19.2. The van der Waals surface area contributed by atoms with E-state index in [-0.39, 0.29) is 5.91 Å². The first-order chi connectivity index (χ1) is 10.3. The van der Waals surface area contributed by atoms with Crippen LogP contribution in [0.15, 0.2) is 12.4 Å². The van der Waals surface area contributed by atoms with Crippen LogP contribution in [0.3, 0.4) is 0 Å². The van der Waals surface area contributed by atoms with Crippen molar-refractivity contribution in [3.05, 3.63) is 18.1 Å². The molecule has 0 aromatic carbocycles. The maximum Gasteiger partial charge on any atom is 0.271 e. The van der Waals surface area contributed by atoms with E-state index in [1.165, 1.54) is 19.0 Å². The van der Waals surface area contributed by atoms with E-state index in [0.29, 0.717) is 18.3 Å². The molecule has 1 aliphatic heterocycles. The Labute approximate surface area is 124 Å². The summed E-state index contributed by atoms with van der Waals surface area (Å²) in [7, 11) is 0. The summed E-state index contributed by atoms with van der Waals surface area (Å²) >= 11 is 0. The molecule has 0 atom stereocenters. The van der Waals surface area contributed by atoms with Gasteiger partial charge in [-0.25, -0.2) is 9.97 Å². The predicted octanol–water partition coefficient (Wildman–Crippen LogP) is 0.113. The van der Waals surface area contributed by atoms with Gasteiger partial charge in [-0.05, 0) is 12.8 Å². The minimum absolute atomic E-state index is 0.172. The van der Waals surface area contributed by atoms with Gasteiger partial charge in [0.1, 0.15) is 11.5 Å². The maximum absolute atomic E-state index is 12.0. The first kappa shape index (κ1) is 14.2. The maximum atomic E-state index is 12.0. The molecule has 2 aliphatic rings. The molecule has 3 rings (SSSR count). The van der Waals surface area contributed by atoms with Crippen LogP contribution in [0, 0.1) is 0 Å². The lowest BCUT2D eigenvalue weighted by molar-refractivity contribution is 0.0383. The van der Waals surface area contributed by atoms with Gasteiger partial charge in [-0.1, -0.05) is 0 Å². The summed E-state index contributed by atoms with van der Waals surface area (Å²) in [5, 5.41) is 6.12. The molecule has 1 saturated carbocycles. The Balaban J connectivity index is 1.41. The Kier molecular flexibility index (Phi) is 4.62. The number of anilines is 1. The summed E-state index contributed by atoms with van der Waals surface area (Å²) in [4.78, 5) is 22.6. The third kappa shape index (κ3) is 4.37. The van der Waals surface area contributed by atoms with Gasteiger partial charge in [0, 0.05) is 32.2 Å². The van der Waals surface area contributed by atoms with Crippen LogP contribution in [0.25, 0.3) is 0 Å². The number of rotatable bonds is 6. The Bertz CT molecular complexity index is 469. The standard InChI is InChI=1S/C14H21N5O2/c20-14(15-3-4-19-5-7-21-8-6-19)12-9-17-13(10-16-12)18-11-1-2-11/h9-11H,1-8H2,(H,15,20)(H,17,18). The summed E-state index contributed by atoms with van der Waals surface area (Å²) in [6, 6.07) is 0.535. The van der Waals surface area contributed by atoms with Crippen LogP contribution in [-0.4, -0.2) is 66.2 Å². The van der Waals surface area contributed by atoms with Crippen LogP contribution in [-0.2, 0) is 4.74 Å². The monoisotopic (exact) mass is 291 g/mol. The molecule has 7 nitrogen and oxygen atoms in total. The second-order valence-electron chi connectivity index (χ2n) is 5.42. The highest BCUT2D eigenvalue weighted by Crippen LogP contribution is 2.22. The summed E-state index contributed by atoms with van der Waals surface area (Å²) in [5.41, 5.74) is 0.360. The predicted molar refractivity (Wildman–Crippen MR) is 78.3 cm³/mol. The number of nitrogens with zero attached hydrogens (tertiary/aromatic N) is 3. The molecule has 2 N–H and O–H groups in total. The van der Waals surface area contributed by atoms with Gasteiger partial charge in [0.15, 0.2) is 0 Å². The summed E-state index contributed by atoms with van der Waals surface area (Å²) in [5.74, 6) is 0.566. The van der Waals surface area contributed by atoms with E-state index in [2.05, 4.69) is 25.5 Å². The summed E-state index contributed by atoms with van der Waals surface area (Å²) in [6.07, 6.45) is 5.51. The molecule has 1 saturated heterocycles. The molecule has 0 bridgehead atoms. The molecule has 1 aliphatic carbocycles. The number of hydrogen-bond donors (Lipinski definition) is 2. The molecule has 1 aromatic rings. The zero-order valence-electron chi connectivity index (χ0n) is 12.0. The minimum Gasteiger partial charge on any atom is -0.379 e. The second kappa shape index (κ2) is 6.82. The molecule has 2 fully saturated rings. The molecule has 0 unspecified atom stereocenters. The van der Waals surface area contributed by atoms with Gasteiger partial charge in [-0.2, -0.15) is 0 Å². The van der Waals surface area contributed by atoms with Crippen LogP contribution in [0.2, 0.25) is 0 Å². The number of carbonyl (C=O) groups is 1. The van der Waals surface area contributed by atoms with E-state index in [1.807, 2.05) is 0 Å². The Hall–Kier alpha value is -1.73. The Morgan fingerprint density at radius 2 is 2.10 bits per heavy atom. The largest absolute Gasteiger partial charge is 0.379 e. The van der Waals surface area contributed by atoms with Crippen molar-refractivity contribution < 1.29 is 9.53 Å². The Morgan fingerprint density at radius 1 is 1.29 bits per heavy atom. The number of hydrogen-bond acceptors (Lipinski definition) is 6. The molecule has 2 heterocycles. The van der Waals surface area contributed by atoms with Crippen molar-refractivity contribution in [1.29, 1.82) is 0 Å². The zero-order valence-corrected chi connectivity index (χ0v) is 12.0. The molecule has 1 aromatic heterocycles. The quantitative estimate of drug-likeness (QED) is 0.774. The lowest BCUT2D eigenvalue weighted by Crippen LogP contribution is -2.41. The molecule has 0 radical (unpaired) electrons. The van der Waals surface area contributed by atoms with Crippen molar-refractivity contribution >= 4 is 11.7 Å². The van der Waals surface area contributed by atoms with Crippen LogP contribution >= 0.6 is 0 Å². The summed E-state index contributed by atoms with van der Waals surface area (Å²) in [6.45, 7) is 4.85. The molecule has 7 heteroatoms. The van der Waals surface area contributed by atoms with Crippen molar-refractivity contribution in [1.82, 2.24) is 20.2 Å². The number of ether oxygens (including phenoxy) is 1. The first-order valence-electron chi connectivity index (χ1n) is 7.48. The van der Waals surface area contributed by atoms with E-state index in [4.69, 9.17) is 4.74 Å². The number of carbonyl (C=O) groups excluding carboxylic acids is 1. The highest BCUT2D eigenvalue weighted by atomic mass is 16.5. The van der Waals surface area contributed by atoms with Crippen LogP contribution < -0.4 is 10.6 Å². The van der Waals surface area contributed by atoms with Gasteiger partial charge in [0.25, 0.3) is 5.91 Å². The second-order valence-corrected chi connectivity index (χ2v) is 5.42. The van der Waals surface area contributed by atoms with Crippen LogP contribution in [0.1, 0.15) is 23.3 Å². The minimum atomic E-state index is -0.172. The van der Waals surface area contributed by atoms with E-state index < -0.39 is 0 Å². The fourth-order valence-electron chi connectivity index (χ4n) is 2.20. The van der Waals surface area contributed by atoms with Crippen molar-refractivity contribution in [3.8, 4) is 0 Å². The van der Waals surface area contributed by atoms with Crippen LogP contribution in [0.5, 0.6) is 0 Å². The number of aromatic nitrogens is 2. The number of amides is 1.